The van der Waals surface area contributed by atoms with Crippen LogP contribution in [0, 0.1) is 12.7 Å². The Balaban J connectivity index is 1.96. The number of aliphatic hydroxyl groups is 1. The van der Waals surface area contributed by atoms with Crippen LogP contribution in [0.4, 0.5) is 4.39 Å². The molecule has 2 rings (SSSR count). The molecule has 1 saturated heterocycles. The van der Waals surface area contributed by atoms with Crippen molar-refractivity contribution in [2.45, 2.75) is 25.9 Å². The molecule has 0 aromatic heterocycles. The number of carbonyl (C=O) groups is 1. The minimum absolute atomic E-state index is 0.0155. The predicted octanol–water partition coefficient (Wildman–Crippen LogP) is 1.75. The first kappa shape index (κ1) is 14.9. The summed E-state index contributed by atoms with van der Waals surface area (Å²) in [7, 11) is 0. The maximum Gasteiger partial charge on any atom is 0.254 e. The second-order valence-corrected chi connectivity index (χ2v) is 5.05. The highest BCUT2D eigenvalue weighted by atomic mass is 19.1. The third-order valence-electron chi connectivity index (χ3n) is 3.60. The summed E-state index contributed by atoms with van der Waals surface area (Å²) in [5, 5.41) is 8.72. The van der Waals surface area contributed by atoms with Gasteiger partial charge in [-0.05, 0) is 37.5 Å². The Morgan fingerprint density at radius 2 is 2.15 bits per heavy atom. The third-order valence-corrected chi connectivity index (χ3v) is 3.60. The summed E-state index contributed by atoms with van der Waals surface area (Å²) >= 11 is 0. The average molecular weight is 281 g/mol. The summed E-state index contributed by atoms with van der Waals surface area (Å²) in [5.74, 6) is -0.511. The first-order chi connectivity index (χ1) is 9.61. The fourth-order valence-corrected chi connectivity index (χ4v) is 2.44. The summed E-state index contributed by atoms with van der Waals surface area (Å²) in [4.78, 5) is 14.1. The van der Waals surface area contributed by atoms with Crippen molar-refractivity contribution >= 4 is 5.91 Å². The summed E-state index contributed by atoms with van der Waals surface area (Å²) in [5.41, 5.74) is 1.22. The molecule has 110 valence electrons. The van der Waals surface area contributed by atoms with Crippen molar-refractivity contribution in [1.29, 1.82) is 0 Å². The smallest absolute Gasteiger partial charge is 0.254 e. The Hall–Kier alpha value is -1.46. The van der Waals surface area contributed by atoms with Gasteiger partial charge in [0.25, 0.3) is 5.91 Å². The van der Waals surface area contributed by atoms with Gasteiger partial charge in [0.2, 0.25) is 0 Å². The van der Waals surface area contributed by atoms with Gasteiger partial charge in [-0.2, -0.15) is 0 Å². The van der Waals surface area contributed by atoms with Crippen molar-refractivity contribution in [2.24, 2.45) is 0 Å². The van der Waals surface area contributed by atoms with E-state index < -0.39 is 0 Å². The van der Waals surface area contributed by atoms with Crippen LogP contribution in [0.15, 0.2) is 18.2 Å². The van der Waals surface area contributed by atoms with Crippen molar-refractivity contribution in [2.75, 3.05) is 26.3 Å². The highest BCUT2D eigenvalue weighted by Gasteiger charge is 2.24. The van der Waals surface area contributed by atoms with E-state index in [1.807, 2.05) is 6.92 Å². The number of piperidine rings is 1. The summed E-state index contributed by atoms with van der Waals surface area (Å²) in [6, 6.07) is 4.28. The summed E-state index contributed by atoms with van der Waals surface area (Å²) in [6.45, 7) is 3.36. The molecule has 1 aromatic rings. The van der Waals surface area contributed by atoms with Gasteiger partial charge in [-0.1, -0.05) is 6.07 Å². The van der Waals surface area contributed by atoms with Gasteiger partial charge in [-0.3, -0.25) is 4.79 Å². The van der Waals surface area contributed by atoms with Gasteiger partial charge in [-0.25, -0.2) is 4.39 Å². The Labute approximate surface area is 118 Å². The predicted molar refractivity (Wildman–Crippen MR) is 73.1 cm³/mol. The van der Waals surface area contributed by atoms with E-state index in [4.69, 9.17) is 9.84 Å². The summed E-state index contributed by atoms with van der Waals surface area (Å²) in [6.07, 6.45) is 1.60. The number of ether oxygens (including phenoxy) is 1. The molecule has 0 atom stereocenters. The lowest BCUT2D eigenvalue weighted by molar-refractivity contribution is -0.00556. The number of rotatable bonds is 4. The van der Waals surface area contributed by atoms with E-state index in [1.54, 1.807) is 11.0 Å². The van der Waals surface area contributed by atoms with Crippen molar-refractivity contribution in [3.8, 4) is 0 Å². The van der Waals surface area contributed by atoms with E-state index in [0.717, 1.165) is 18.4 Å². The molecule has 1 fully saturated rings. The highest BCUT2D eigenvalue weighted by Crippen LogP contribution is 2.18. The highest BCUT2D eigenvalue weighted by molar-refractivity contribution is 5.95. The van der Waals surface area contributed by atoms with E-state index in [2.05, 4.69) is 0 Å². The molecule has 1 heterocycles. The maximum absolute atomic E-state index is 13.3. The third kappa shape index (κ3) is 3.55. The largest absolute Gasteiger partial charge is 0.394 e. The second kappa shape index (κ2) is 6.81. The molecule has 5 heteroatoms. The zero-order valence-electron chi connectivity index (χ0n) is 11.6. The van der Waals surface area contributed by atoms with Crippen molar-refractivity contribution in [1.82, 2.24) is 4.90 Å². The van der Waals surface area contributed by atoms with Crippen LogP contribution in [0.25, 0.3) is 0 Å². The van der Waals surface area contributed by atoms with E-state index in [9.17, 15) is 9.18 Å². The lowest BCUT2D eigenvalue weighted by atomic mass is 10.0. The molecule has 1 N–H and O–H groups in total. The van der Waals surface area contributed by atoms with Gasteiger partial charge < -0.3 is 14.7 Å². The van der Waals surface area contributed by atoms with Gasteiger partial charge in [0.1, 0.15) is 5.82 Å². The molecule has 20 heavy (non-hydrogen) atoms. The molecule has 0 radical (unpaired) electrons. The fraction of sp³-hybridized carbons (Fsp3) is 0.533. The minimum Gasteiger partial charge on any atom is -0.394 e. The average Bonchev–Trinajstić information content (AvgIpc) is 2.47. The zero-order valence-corrected chi connectivity index (χ0v) is 11.6. The first-order valence-corrected chi connectivity index (χ1v) is 6.89. The molecule has 0 bridgehead atoms. The standard InChI is InChI=1S/C15H20FNO3/c1-11-2-3-12(16)10-14(11)15(19)17-6-4-13(5-7-17)20-9-8-18/h2-3,10,13,18H,4-9H2,1H3. The van der Waals surface area contributed by atoms with E-state index in [-0.39, 0.29) is 24.4 Å². The normalized spacial score (nSPS) is 16.4. The zero-order chi connectivity index (χ0) is 14.5. The van der Waals surface area contributed by atoms with Gasteiger partial charge in [0, 0.05) is 18.7 Å². The molecule has 1 amide bonds. The second-order valence-electron chi connectivity index (χ2n) is 5.05. The molecule has 0 spiro atoms. The maximum atomic E-state index is 13.3. The van der Waals surface area contributed by atoms with E-state index >= 15 is 0 Å². The number of hydrogen-bond donors (Lipinski definition) is 1. The number of benzene rings is 1. The SMILES string of the molecule is Cc1ccc(F)cc1C(=O)N1CCC(OCCO)CC1. The number of aliphatic hydroxyl groups excluding tert-OH is 1. The van der Waals surface area contributed by atoms with Crippen LogP contribution in [-0.4, -0.2) is 48.3 Å². The number of aryl methyl sites for hydroxylation is 1. The molecule has 0 unspecified atom stereocenters. The Morgan fingerprint density at radius 3 is 2.80 bits per heavy atom. The number of hydrogen-bond acceptors (Lipinski definition) is 3. The molecule has 1 aromatic carbocycles. The number of likely N-dealkylation sites (tertiary alicyclic amines) is 1. The van der Waals surface area contributed by atoms with Gasteiger partial charge in [0.05, 0.1) is 19.3 Å². The Kier molecular flexibility index (Phi) is 5.09. The number of amides is 1. The van der Waals surface area contributed by atoms with Gasteiger partial charge in [-0.15, -0.1) is 0 Å². The van der Waals surface area contributed by atoms with Crippen LogP contribution in [0.2, 0.25) is 0 Å². The van der Waals surface area contributed by atoms with Gasteiger partial charge >= 0.3 is 0 Å². The molecule has 1 aliphatic heterocycles. The van der Waals surface area contributed by atoms with Crippen LogP contribution in [-0.2, 0) is 4.74 Å². The quantitative estimate of drug-likeness (QED) is 0.914. The van der Waals surface area contributed by atoms with Crippen LogP contribution in [0.5, 0.6) is 0 Å². The van der Waals surface area contributed by atoms with Crippen molar-refractivity contribution in [3.63, 3.8) is 0 Å². The molecule has 4 nitrogen and oxygen atoms in total. The lowest BCUT2D eigenvalue weighted by Crippen LogP contribution is -2.41. The molecule has 0 aliphatic carbocycles. The monoisotopic (exact) mass is 281 g/mol. The van der Waals surface area contributed by atoms with E-state index in [0.29, 0.717) is 25.3 Å². The molecule has 1 aliphatic rings. The van der Waals surface area contributed by atoms with Crippen LogP contribution >= 0.6 is 0 Å². The molecular weight excluding hydrogens is 261 g/mol. The van der Waals surface area contributed by atoms with Crippen molar-refractivity contribution in [3.05, 3.63) is 35.1 Å². The van der Waals surface area contributed by atoms with Crippen LogP contribution in [0.3, 0.4) is 0 Å². The minimum atomic E-state index is -0.389. The fourth-order valence-electron chi connectivity index (χ4n) is 2.44. The Bertz CT molecular complexity index is 470. The van der Waals surface area contributed by atoms with Crippen LogP contribution in [0.1, 0.15) is 28.8 Å². The lowest BCUT2D eigenvalue weighted by Gasteiger charge is -2.32. The number of carbonyl (C=O) groups excluding carboxylic acids is 1. The number of nitrogens with zero attached hydrogens (tertiary/aromatic N) is 1. The summed E-state index contributed by atoms with van der Waals surface area (Å²) < 4.78 is 18.7. The van der Waals surface area contributed by atoms with Gasteiger partial charge in [0.15, 0.2) is 0 Å². The Morgan fingerprint density at radius 1 is 1.45 bits per heavy atom. The number of halogens is 1. The molecular formula is C15H20FNO3. The van der Waals surface area contributed by atoms with Crippen LogP contribution < -0.4 is 0 Å². The van der Waals surface area contributed by atoms with E-state index in [1.165, 1.54) is 12.1 Å². The first-order valence-electron chi connectivity index (χ1n) is 6.89. The topological polar surface area (TPSA) is 49.8 Å². The molecule has 0 saturated carbocycles. The van der Waals surface area contributed by atoms with Crippen molar-refractivity contribution < 1.29 is 19.0 Å².